The van der Waals surface area contributed by atoms with E-state index in [1.807, 2.05) is 34.9 Å². The summed E-state index contributed by atoms with van der Waals surface area (Å²) in [5.41, 5.74) is 1.14. The predicted molar refractivity (Wildman–Crippen MR) is 81.9 cm³/mol. The molecule has 0 fully saturated rings. The highest BCUT2D eigenvalue weighted by atomic mass is 32.2. The minimum atomic E-state index is -3.43. The van der Waals surface area contributed by atoms with Crippen LogP contribution in [0.4, 0.5) is 0 Å². The molecule has 3 aromatic rings. The van der Waals surface area contributed by atoms with Crippen LogP contribution in [-0.4, -0.2) is 13.0 Å². The molecule has 0 N–H and O–H groups in total. The van der Waals surface area contributed by atoms with Gasteiger partial charge in [-0.05, 0) is 23.8 Å². The summed E-state index contributed by atoms with van der Waals surface area (Å²) < 4.78 is 26.9. The monoisotopic (exact) mass is 297 g/mol. The van der Waals surface area contributed by atoms with Gasteiger partial charge in [0.15, 0.2) is 0 Å². The number of rotatable bonds is 4. The minimum absolute atomic E-state index is 0.322. The molecular weight excluding hydrogens is 282 g/mol. The number of aromatic nitrogens is 1. The molecule has 0 aliphatic carbocycles. The lowest BCUT2D eigenvalue weighted by Gasteiger charge is -2.03. The maximum absolute atomic E-state index is 12.5. The zero-order valence-corrected chi connectivity index (χ0v) is 12.2. The van der Waals surface area contributed by atoms with Crippen molar-refractivity contribution in [2.75, 3.05) is 0 Å². The topological polar surface area (TPSA) is 39.1 Å². The van der Waals surface area contributed by atoms with Crippen LogP contribution >= 0.6 is 0 Å². The molecule has 1 heterocycles. The molecule has 0 spiro atoms. The molecule has 0 aliphatic heterocycles. The van der Waals surface area contributed by atoms with E-state index in [4.69, 9.17) is 0 Å². The Morgan fingerprint density at radius 1 is 0.762 bits per heavy atom. The number of nitrogens with zero attached hydrogens (tertiary/aromatic N) is 1. The van der Waals surface area contributed by atoms with Gasteiger partial charge in [-0.3, -0.25) is 0 Å². The third kappa shape index (κ3) is 2.90. The van der Waals surface area contributed by atoms with E-state index in [-0.39, 0.29) is 0 Å². The Morgan fingerprint density at radius 3 is 2.05 bits per heavy atom. The van der Waals surface area contributed by atoms with E-state index in [1.54, 1.807) is 48.8 Å². The Balaban J connectivity index is 1.89. The second-order valence-electron chi connectivity index (χ2n) is 4.82. The van der Waals surface area contributed by atoms with E-state index >= 15 is 0 Å². The molecule has 0 radical (unpaired) electrons. The number of sulfone groups is 1. The number of hydrogen-bond donors (Lipinski definition) is 0. The summed E-state index contributed by atoms with van der Waals surface area (Å²) in [5.74, 6) is 0. The van der Waals surface area contributed by atoms with Crippen LogP contribution < -0.4 is 0 Å². The molecule has 21 heavy (non-hydrogen) atoms. The molecule has 0 atom stereocenters. The molecule has 0 aliphatic rings. The van der Waals surface area contributed by atoms with E-state index in [1.165, 1.54) is 0 Å². The summed E-state index contributed by atoms with van der Waals surface area (Å²) in [6.07, 6.45) is 3.47. The fraction of sp³-hybridized carbons (Fsp3) is 0.0588. The zero-order valence-electron chi connectivity index (χ0n) is 11.4. The summed E-state index contributed by atoms with van der Waals surface area (Å²) in [4.78, 5) is 0.645. The van der Waals surface area contributed by atoms with E-state index in [0.29, 0.717) is 16.3 Å². The number of benzene rings is 2. The van der Waals surface area contributed by atoms with E-state index in [9.17, 15) is 8.42 Å². The molecule has 4 heteroatoms. The van der Waals surface area contributed by atoms with Gasteiger partial charge in [-0.25, -0.2) is 8.42 Å². The maximum Gasteiger partial charge on any atom is 0.208 e. The van der Waals surface area contributed by atoms with Crippen molar-refractivity contribution in [3.05, 3.63) is 84.7 Å². The third-order valence-electron chi connectivity index (χ3n) is 3.30. The molecule has 0 saturated carbocycles. The molecule has 3 nitrogen and oxygen atoms in total. The SMILES string of the molecule is O=S(=O)(c1ccccc1)c1ccn(Cc2ccccc2)c1. The molecule has 0 saturated heterocycles. The molecular formula is C17H15NO2S. The molecule has 0 bridgehead atoms. The van der Waals surface area contributed by atoms with Gasteiger partial charge in [0.05, 0.1) is 9.79 Å². The van der Waals surface area contributed by atoms with Gasteiger partial charge in [0, 0.05) is 18.9 Å². The molecule has 1 aromatic heterocycles. The third-order valence-corrected chi connectivity index (χ3v) is 5.05. The molecule has 0 unspecified atom stereocenters. The van der Waals surface area contributed by atoms with Crippen molar-refractivity contribution in [1.29, 1.82) is 0 Å². The van der Waals surface area contributed by atoms with Gasteiger partial charge in [0.25, 0.3) is 0 Å². The average molecular weight is 297 g/mol. The van der Waals surface area contributed by atoms with Gasteiger partial charge in [0.2, 0.25) is 9.84 Å². The highest BCUT2D eigenvalue weighted by Crippen LogP contribution is 2.21. The number of hydrogen-bond acceptors (Lipinski definition) is 2. The van der Waals surface area contributed by atoms with Crippen molar-refractivity contribution in [3.63, 3.8) is 0 Å². The van der Waals surface area contributed by atoms with E-state index in [0.717, 1.165) is 5.56 Å². The van der Waals surface area contributed by atoms with Crippen LogP contribution in [0.5, 0.6) is 0 Å². The van der Waals surface area contributed by atoms with Crippen molar-refractivity contribution < 1.29 is 8.42 Å². The van der Waals surface area contributed by atoms with Crippen molar-refractivity contribution in [2.24, 2.45) is 0 Å². The standard InChI is InChI=1S/C17H15NO2S/c19-21(20,16-9-5-2-6-10-16)17-11-12-18(14-17)13-15-7-3-1-4-8-15/h1-12,14H,13H2. The van der Waals surface area contributed by atoms with Gasteiger partial charge in [-0.15, -0.1) is 0 Å². The van der Waals surface area contributed by atoms with Gasteiger partial charge in [0.1, 0.15) is 0 Å². The molecule has 0 amide bonds. The Kier molecular flexibility index (Phi) is 3.62. The van der Waals surface area contributed by atoms with Crippen molar-refractivity contribution >= 4 is 9.84 Å². The Hall–Kier alpha value is -2.33. The zero-order chi connectivity index (χ0) is 14.7. The van der Waals surface area contributed by atoms with Crippen LogP contribution in [0.1, 0.15) is 5.56 Å². The molecule has 2 aromatic carbocycles. The fourth-order valence-electron chi connectivity index (χ4n) is 2.21. The van der Waals surface area contributed by atoms with Crippen LogP contribution in [0.2, 0.25) is 0 Å². The summed E-state index contributed by atoms with van der Waals surface area (Å²) in [6.45, 7) is 0.658. The summed E-state index contributed by atoms with van der Waals surface area (Å²) in [7, 11) is -3.43. The van der Waals surface area contributed by atoms with Gasteiger partial charge >= 0.3 is 0 Å². The summed E-state index contributed by atoms with van der Waals surface area (Å²) in [6, 6.07) is 20.1. The minimum Gasteiger partial charge on any atom is -0.349 e. The first-order valence-electron chi connectivity index (χ1n) is 6.66. The van der Waals surface area contributed by atoms with Crippen molar-refractivity contribution in [3.8, 4) is 0 Å². The average Bonchev–Trinajstić information content (AvgIpc) is 2.98. The summed E-state index contributed by atoms with van der Waals surface area (Å²) in [5, 5.41) is 0. The maximum atomic E-state index is 12.5. The van der Waals surface area contributed by atoms with Crippen molar-refractivity contribution in [2.45, 2.75) is 16.3 Å². The van der Waals surface area contributed by atoms with Crippen LogP contribution in [-0.2, 0) is 16.4 Å². The van der Waals surface area contributed by atoms with Crippen LogP contribution in [0.3, 0.4) is 0 Å². The van der Waals surface area contributed by atoms with Crippen LogP contribution in [0.25, 0.3) is 0 Å². The van der Waals surface area contributed by atoms with Crippen LogP contribution in [0.15, 0.2) is 88.9 Å². The lowest BCUT2D eigenvalue weighted by atomic mass is 10.2. The lowest BCUT2D eigenvalue weighted by molar-refractivity contribution is 0.595. The van der Waals surface area contributed by atoms with Gasteiger partial charge in [-0.1, -0.05) is 48.5 Å². The highest BCUT2D eigenvalue weighted by molar-refractivity contribution is 7.91. The second-order valence-corrected chi connectivity index (χ2v) is 6.77. The second kappa shape index (κ2) is 5.58. The van der Waals surface area contributed by atoms with Crippen LogP contribution in [0, 0.1) is 0 Å². The highest BCUT2D eigenvalue weighted by Gasteiger charge is 2.18. The van der Waals surface area contributed by atoms with Gasteiger partial charge in [-0.2, -0.15) is 0 Å². The van der Waals surface area contributed by atoms with E-state index < -0.39 is 9.84 Å². The first-order valence-corrected chi connectivity index (χ1v) is 8.14. The first kappa shape index (κ1) is 13.6. The quantitative estimate of drug-likeness (QED) is 0.740. The predicted octanol–water partition coefficient (Wildman–Crippen LogP) is 3.37. The largest absolute Gasteiger partial charge is 0.349 e. The fourth-order valence-corrected chi connectivity index (χ4v) is 3.51. The normalized spacial score (nSPS) is 11.4. The molecule has 106 valence electrons. The Labute approximate surface area is 124 Å². The van der Waals surface area contributed by atoms with E-state index in [2.05, 4.69) is 0 Å². The molecule has 3 rings (SSSR count). The van der Waals surface area contributed by atoms with Gasteiger partial charge < -0.3 is 4.57 Å². The first-order chi connectivity index (χ1) is 10.2. The lowest BCUT2D eigenvalue weighted by Crippen LogP contribution is -2.01. The Morgan fingerprint density at radius 2 is 1.38 bits per heavy atom. The smallest absolute Gasteiger partial charge is 0.208 e. The van der Waals surface area contributed by atoms with Crippen molar-refractivity contribution in [1.82, 2.24) is 4.57 Å². The Bertz CT molecular complexity index is 821. The summed E-state index contributed by atoms with van der Waals surface area (Å²) >= 11 is 0.